The summed E-state index contributed by atoms with van der Waals surface area (Å²) >= 11 is 5.92. The minimum atomic E-state index is -0.982. The van der Waals surface area contributed by atoms with Crippen LogP contribution in [0.1, 0.15) is 23.1 Å². The predicted octanol–water partition coefficient (Wildman–Crippen LogP) is 4.06. The summed E-state index contributed by atoms with van der Waals surface area (Å²) in [7, 11) is 1.65. The molecule has 0 aliphatic rings. The molecule has 2 aromatic carbocycles. The molecule has 0 aromatic heterocycles. The van der Waals surface area contributed by atoms with Crippen molar-refractivity contribution in [2.24, 2.45) is 0 Å². The summed E-state index contributed by atoms with van der Waals surface area (Å²) in [6.45, 7) is 2.03. The van der Waals surface area contributed by atoms with Crippen LogP contribution in [-0.2, 0) is 12.0 Å². The molecule has 2 aromatic rings. The molecule has 1 N–H and O–H groups in total. The van der Waals surface area contributed by atoms with E-state index in [2.05, 4.69) is 6.07 Å². The van der Waals surface area contributed by atoms with Crippen LogP contribution in [0.2, 0.25) is 0 Å². The fourth-order valence-electron chi connectivity index (χ4n) is 2.60. The number of aliphatic hydroxyl groups is 1. The Balaban J connectivity index is 2.39. The van der Waals surface area contributed by atoms with E-state index in [1.807, 2.05) is 49.4 Å². The zero-order valence-electron chi connectivity index (χ0n) is 12.5. The second-order valence-corrected chi connectivity index (χ2v) is 5.71. The fourth-order valence-corrected chi connectivity index (χ4v) is 2.91. The van der Waals surface area contributed by atoms with Crippen LogP contribution in [0.4, 0.5) is 0 Å². The Bertz CT molecular complexity index is 583. The van der Waals surface area contributed by atoms with Crippen LogP contribution in [0.3, 0.4) is 0 Å². The Morgan fingerprint density at radius 3 is 2.48 bits per heavy atom. The number of rotatable bonds is 6. The lowest BCUT2D eigenvalue weighted by atomic mass is 9.84. The molecule has 2 rings (SSSR count). The SMILES string of the molecule is COc1ccc(C)cc1CC(O)(CCCl)c1ccccc1. The van der Waals surface area contributed by atoms with Gasteiger partial charge in [0.15, 0.2) is 0 Å². The van der Waals surface area contributed by atoms with E-state index in [1.165, 1.54) is 0 Å². The fraction of sp³-hybridized carbons (Fsp3) is 0.333. The van der Waals surface area contributed by atoms with E-state index in [0.29, 0.717) is 18.7 Å². The van der Waals surface area contributed by atoms with Gasteiger partial charge in [0.05, 0.1) is 12.7 Å². The monoisotopic (exact) mass is 304 g/mol. The number of halogens is 1. The van der Waals surface area contributed by atoms with Crippen molar-refractivity contribution >= 4 is 11.6 Å². The summed E-state index contributed by atoms with van der Waals surface area (Å²) < 4.78 is 5.42. The molecule has 1 unspecified atom stereocenters. The first-order valence-corrected chi connectivity index (χ1v) is 7.60. The number of aryl methyl sites for hydroxylation is 1. The van der Waals surface area contributed by atoms with Crippen LogP contribution in [0.15, 0.2) is 48.5 Å². The van der Waals surface area contributed by atoms with Crippen LogP contribution in [0.25, 0.3) is 0 Å². The lowest BCUT2D eigenvalue weighted by Crippen LogP contribution is -2.29. The first kappa shape index (κ1) is 15.9. The van der Waals surface area contributed by atoms with Crippen LogP contribution in [0, 0.1) is 6.92 Å². The van der Waals surface area contributed by atoms with Crippen molar-refractivity contribution in [3.05, 3.63) is 65.2 Å². The van der Waals surface area contributed by atoms with Crippen molar-refractivity contribution in [1.82, 2.24) is 0 Å². The Morgan fingerprint density at radius 2 is 1.86 bits per heavy atom. The minimum Gasteiger partial charge on any atom is -0.496 e. The molecule has 0 fully saturated rings. The normalized spacial score (nSPS) is 13.7. The number of methoxy groups -OCH3 is 1. The Morgan fingerprint density at radius 1 is 1.14 bits per heavy atom. The molecule has 3 heteroatoms. The van der Waals surface area contributed by atoms with Gasteiger partial charge in [0.1, 0.15) is 5.75 Å². The Labute approximate surface area is 131 Å². The highest BCUT2D eigenvalue weighted by Gasteiger charge is 2.30. The lowest BCUT2D eigenvalue weighted by Gasteiger charge is -2.29. The minimum absolute atomic E-state index is 0.402. The standard InChI is InChI=1S/C18H21ClO2/c1-14-8-9-17(21-2)15(12-14)13-18(20,10-11-19)16-6-4-3-5-7-16/h3-9,12,20H,10-11,13H2,1-2H3. The van der Waals surface area contributed by atoms with Crippen LogP contribution in [0.5, 0.6) is 5.75 Å². The van der Waals surface area contributed by atoms with E-state index in [-0.39, 0.29) is 0 Å². The summed E-state index contributed by atoms with van der Waals surface area (Å²) in [5.74, 6) is 1.20. The van der Waals surface area contributed by atoms with E-state index < -0.39 is 5.60 Å². The summed E-state index contributed by atoms with van der Waals surface area (Å²) in [6, 6.07) is 15.7. The van der Waals surface area contributed by atoms with Gasteiger partial charge in [-0.15, -0.1) is 11.6 Å². The van der Waals surface area contributed by atoms with Crippen LogP contribution < -0.4 is 4.74 Å². The molecular formula is C18H21ClO2. The first-order valence-electron chi connectivity index (χ1n) is 7.06. The number of alkyl halides is 1. The van der Waals surface area contributed by atoms with Gasteiger partial charge in [0.2, 0.25) is 0 Å². The topological polar surface area (TPSA) is 29.5 Å². The molecule has 0 aliphatic heterocycles. The van der Waals surface area contributed by atoms with Crippen molar-refractivity contribution in [2.75, 3.05) is 13.0 Å². The van der Waals surface area contributed by atoms with Gasteiger partial charge >= 0.3 is 0 Å². The van der Waals surface area contributed by atoms with E-state index in [1.54, 1.807) is 7.11 Å². The van der Waals surface area contributed by atoms with Gasteiger partial charge in [0, 0.05) is 12.3 Å². The number of benzene rings is 2. The number of hydrogen-bond donors (Lipinski definition) is 1. The molecule has 0 spiro atoms. The molecular weight excluding hydrogens is 284 g/mol. The summed E-state index contributed by atoms with van der Waals surface area (Å²) in [5.41, 5.74) is 2.04. The smallest absolute Gasteiger partial charge is 0.122 e. The average Bonchev–Trinajstić information content (AvgIpc) is 2.48. The number of hydrogen-bond acceptors (Lipinski definition) is 2. The van der Waals surface area contributed by atoms with Gasteiger partial charge in [-0.2, -0.15) is 0 Å². The molecule has 1 atom stereocenters. The highest BCUT2D eigenvalue weighted by atomic mass is 35.5. The third-order valence-electron chi connectivity index (χ3n) is 3.74. The second kappa shape index (κ2) is 6.97. The van der Waals surface area contributed by atoms with E-state index in [0.717, 1.165) is 22.4 Å². The van der Waals surface area contributed by atoms with Crippen molar-refractivity contribution in [3.8, 4) is 5.75 Å². The molecule has 0 radical (unpaired) electrons. The van der Waals surface area contributed by atoms with E-state index in [4.69, 9.17) is 16.3 Å². The van der Waals surface area contributed by atoms with Gasteiger partial charge in [0.25, 0.3) is 0 Å². The maximum absolute atomic E-state index is 11.1. The highest BCUT2D eigenvalue weighted by molar-refractivity contribution is 6.17. The van der Waals surface area contributed by atoms with E-state index in [9.17, 15) is 5.11 Å². The molecule has 21 heavy (non-hydrogen) atoms. The number of ether oxygens (including phenoxy) is 1. The van der Waals surface area contributed by atoms with Crippen molar-refractivity contribution in [3.63, 3.8) is 0 Å². The van der Waals surface area contributed by atoms with Gasteiger partial charge in [-0.1, -0.05) is 48.0 Å². The second-order valence-electron chi connectivity index (χ2n) is 5.33. The van der Waals surface area contributed by atoms with Gasteiger partial charge < -0.3 is 9.84 Å². The zero-order chi connectivity index (χ0) is 15.3. The quantitative estimate of drug-likeness (QED) is 0.815. The molecule has 0 saturated carbocycles. The molecule has 0 bridgehead atoms. The van der Waals surface area contributed by atoms with Gasteiger partial charge in [-0.25, -0.2) is 0 Å². The first-order chi connectivity index (χ1) is 10.1. The van der Waals surface area contributed by atoms with Crippen molar-refractivity contribution < 1.29 is 9.84 Å². The third kappa shape index (κ3) is 3.78. The van der Waals surface area contributed by atoms with Gasteiger partial charge in [-0.05, 0) is 30.5 Å². The largest absolute Gasteiger partial charge is 0.496 e. The van der Waals surface area contributed by atoms with Crippen molar-refractivity contribution in [2.45, 2.75) is 25.4 Å². The summed E-state index contributed by atoms with van der Waals surface area (Å²) in [6.07, 6.45) is 0.976. The Kier molecular flexibility index (Phi) is 5.27. The third-order valence-corrected chi connectivity index (χ3v) is 3.93. The molecule has 2 nitrogen and oxygen atoms in total. The van der Waals surface area contributed by atoms with E-state index >= 15 is 0 Å². The highest BCUT2D eigenvalue weighted by Crippen LogP contribution is 2.33. The summed E-state index contributed by atoms with van der Waals surface area (Å²) in [5, 5.41) is 11.1. The van der Waals surface area contributed by atoms with Crippen LogP contribution in [-0.4, -0.2) is 18.1 Å². The van der Waals surface area contributed by atoms with Gasteiger partial charge in [-0.3, -0.25) is 0 Å². The summed E-state index contributed by atoms with van der Waals surface area (Å²) in [4.78, 5) is 0. The molecule has 0 saturated heterocycles. The predicted molar refractivity (Wildman–Crippen MR) is 87.1 cm³/mol. The van der Waals surface area contributed by atoms with Crippen molar-refractivity contribution in [1.29, 1.82) is 0 Å². The Hall–Kier alpha value is -1.51. The lowest BCUT2D eigenvalue weighted by molar-refractivity contribution is 0.0331. The maximum Gasteiger partial charge on any atom is 0.122 e. The van der Waals surface area contributed by atoms with Crippen LogP contribution >= 0.6 is 11.6 Å². The zero-order valence-corrected chi connectivity index (χ0v) is 13.2. The molecule has 0 aliphatic carbocycles. The molecule has 112 valence electrons. The molecule has 0 amide bonds. The maximum atomic E-state index is 11.1. The average molecular weight is 305 g/mol. The molecule has 0 heterocycles.